The third-order valence-electron chi connectivity index (χ3n) is 3.64. The summed E-state index contributed by atoms with van der Waals surface area (Å²) < 4.78 is 0. The van der Waals surface area contributed by atoms with Crippen LogP contribution in [0.2, 0.25) is 5.15 Å². The summed E-state index contributed by atoms with van der Waals surface area (Å²) >= 11 is 5.77. The second kappa shape index (κ2) is 6.17. The molecule has 0 bridgehead atoms. The minimum absolute atomic E-state index is 0.0174. The fourth-order valence-electron chi connectivity index (χ4n) is 2.68. The second-order valence-electron chi connectivity index (χ2n) is 4.81. The highest BCUT2D eigenvalue weighted by molar-refractivity contribution is 6.29. The van der Waals surface area contributed by atoms with Crippen molar-refractivity contribution in [2.45, 2.75) is 38.6 Å². The van der Waals surface area contributed by atoms with E-state index in [2.05, 4.69) is 4.98 Å². The standard InChI is InChI=1S/C13H16ClN3O3/c1-2-16(9-5-3-4-6-9)13(18)10-7-12(14)15-8-11(10)17(19)20/h7-9H,2-6H2,1H3. The lowest BCUT2D eigenvalue weighted by Crippen LogP contribution is -2.38. The molecule has 0 radical (unpaired) electrons. The molecule has 1 saturated carbocycles. The Morgan fingerprint density at radius 3 is 2.75 bits per heavy atom. The van der Waals surface area contributed by atoms with Crippen molar-refractivity contribution in [1.29, 1.82) is 0 Å². The first-order valence-corrected chi connectivity index (χ1v) is 7.03. The minimum atomic E-state index is -0.598. The fourth-order valence-corrected chi connectivity index (χ4v) is 2.84. The van der Waals surface area contributed by atoms with Gasteiger partial charge in [0.15, 0.2) is 0 Å². The van der Waals surface area contributed by atoms with Gasteiger partial charge in [-0.15, -0.1) is 0 Å². The van der Waals surface area contributed by atoms with E-state index in [1.165, 1.54) is 6.07 Å². The third-order valence-corrected chi connectivity index (χ3v) is 3.85. The van der Waals surface area contributed by atoms with Gasteiger partial charge in [-0.1, -0.05) is 24.4 Å². The Labute approximate surface area is 121 Å². The Balaban J connectivity index is 2.35. The molecule has 20 heavy (non-hydrogen) atoms. The van der Waals surface area contributed by atoms with E-state index < -0.39 is 4.92 Å². The van der Waals surface area contributed by atoms with Crippen molar-refractivity contribution in [2.75, 3.05) is 6.54 Å². The van der Waals surface area contributed by atoms with Gasteiger partial charge in [-0.05, 0) is 25.8 Å². The average molecular weight is 298 g/mol. The maximum atomic E-state index is 12.6. The largest absolute Gasteiger partial charge is 0.336 e. The molecule has 0 N–H and O–H groups in total. The topological polar surface area (TPSA) is 76.3 Å². The van der Waals surface area contributed by atoms with Crippen LogP contribution in [0.25, 0.3) is 0 Å². The van der Waals surface area contributed by atoms with Crippen LogP contribution in [0.15, 0.2) is 12.3 Å². The second-order valence-corrected chi connectivity index (χ2v) is 5.20. The smallest absolute Gasteiger partial charge is 0.300 e. The molecule has 1 aromatic heterocycles. The Morgan fingerprint density at radius 1 is 1.55 bits per heavy atom. The minimum Gasteiger partial charge on any atom is -0.336 e. The zero-order chi connectivity index (χ0) is 14.7. The predicted molar refractivity (Wildman–Crippen MR) is 74.9 cm³/mol. The van der Waals surface area contributed by atoms with Gasteiger partial charge in [-0.25, -0.2) is 4.98 Å². The van der Waals surface area contributed by atoms with Crippen molar-refractivity contribution >= 4 is 23.2 Å². The van der Waals surface area contributed by atoms with E-state index in [1.807, 2.05) is 6.92 Å². The molecule has 0 spiro atoms. The van der Waals surface area contributed by atoms with Crippen LogP contribution >= 0.6 is 11.6 Å². The SMILES string of the molecule is CCN(C(=O)c1cc(Cl)ncc1[N+](=O)[O-])C1CCCC1. The van der Waals surface area contributed by atoms with Crippen LogP contribution in [-0.2, 0) is 0 Å². The Hall–Kier alpha value is -1.69. The zero-order valence-corrected chi connectivity index (χ0v) is 12.0. The van der Waals surface area contributed by atoms with Gasteiger partial charge in [-0.3, -0.25) is 14.9 Å². The van der Waals surface area contributed by atoms with Crippen LogP contribution in [-0.4, -0.2) is 33.3 Å². The molecule has 1 aromatic rings. The third kappa shape index (κ3) is 2.90. The summed E-state index contributed by atoms with van der Waals surface area (Å²) in [5, 5.41) is 11.1. The van der Waals surface area contributed by atoms with E-state index in [-0.39, 0.29) is 28.4 Å². The average Bonchev–Trinajstić information content (AvgIpc) is 2.93. The van der Waals surface area contributed by atoms with E-state index in [9.17, 15) is 14.9 Å². The lowest BCUT2D eigenvalue weighted by Gasteiger charge is -2.27. The highest BCUT2D eigenvalue weighted by atomic mass is 35.5. The van der Waals surface area contributed by atoms with Crippen molar-refractivity contribution in [3.63, 3.8) is 0 Å². The number of hydrogen-bond acceptors (Lipinski definition) is 4. The first kappa shape index (κ1) is 14.7. The van der Waals surface area contributed by atoms with Crippen LogP contribution in [0.5, 0.6) is 0 Å². The lowest BCUT2D eigenvalue weighted by atomic mass is 10.1. The zero-order valence-electron chi connectivity index (χ0n) is 11.2. The molecule has 0 aliphatic heterocycles. The van der Waals surface area contributed by atoms with Crippen molar-refractivity contribution in [1.82, 2.24) is 9.88 Å². The molecule has 1 amide bonds. The number of hydrogen-bond donors (Lipinski definition) is 0. The fraction of sp³-hybridized carbons (Fsp3) is 0.538. The predicted octanol–water partition coefficient (Wildman–Crippen LogP) is 3.05. The van der Waals surface area contributed by atoms with Crippen LogP contribution in [0.4, 0.5) is 5.69 Å². The van der Waals surface area contributed by atoms with Crippen LogP contribution in [0.1, 0.15) is 43.0 Å². The molecule has 2 rings (SSSR count). The monoisotopic (exact) mass is 297 g/mol. The van der Waals surface area contributed by atoms with Gasteiger partial charge in [0.25, 0.3) is 11.6 Å². The maximum absolute atomic E-state index is 12.6. The number of halogens is 1. The summed E-state index contributed by atoms with van der Waals surface area (Å²) in [4.78, 5) is 28.4. The lowest BCUT2D eigenvalue weighted by molar-refractivity contribution is -0.385. The molecule has 0 atom stereocenters. The summed E-state index contributed by atoms with van der Waals surface area (Å²) in [7, 11) is 0. The molecular weight excluding hydrogens is 282 g/mol. The van der Waals surface area contributed by atoms with Gasteiger partial charge in [0, 0.05) is 12.6 Å². The Kier molecular flexibility index (Phi) is 4.54. The van der Waals surface area contributed by atoms with Crippen molar-refractivity contribution in [3.05, 3.63) is 33.1 Å². The van der Waals surface area contributed by atoms with Gasteiger partial charge >= 0.3 is 0 Å². The highest BCUT2D eigenvalue weighted by Crippen LogP contribution is 2.28. The van der Waals surface area contributed by atoms with Gasteiger partial charge in [0.05, 0.1) is 4.92 Å². The number of carbonyl (C=O) groups excluding carboxylic acids is 1. The molecule has 108 valence electrons. The molecule has 1 heterocycles. The van der Waals surface area contributed by atoms with Crippen LogP contribution < -0.4 is 0 Å². The number of carbonyl (C=O) groups is 1. The summed E-state index contributed by atoms with van der Waals surface area (Å²) in [6.07, 6.45) is 5.12. The summed E-state index contributed by atoms with van der Waals surface area (Å²) in [6, 6.07) is 1.44. The van der Waals surface area contributed by atoms with Gasteiger partial charge in [0.2, 0.25) is 0 Å². The first-order valence-electron chi connectivity index (χ1n) is 6.65. The molecular formula is C13H16ClN3O3. The van der Waals surface area contributed by atoms with Gasteiger partial charge < -0.3 is 4.90 Å². The normalized spacial score (nSPS) is 15.3. The molecule has 0 unspecified atom stereocenters. The van der Waals surface area contributed by atoms with Crippen LogP contribution in [0.3, 0.4) is 0 Å². The Morgan fingerprint density at radius 2 is 2.20 bits per heavy atom. The van der Waals surface area contributed by atoms with E-state index in [1.54, 1.807) is 4.90 Å². The summed E-state index contributed by atoms with van der Waals surface area (Å²) in [6.45, 7) is 2.41. The number of pyridine rings is 1. The number of amides is 1. The van der Waals surface area contributed by atoms with E-state index >= 15 is 0 Å². The highest BCUT2D eigenvalue weighted by Gasteiger charge is 2.30. The number of nitro groups is 1. The number of rotatable bonds is 4. The van der Waals surface area contributed by atoms with Crippen molar-refractivity contribution in [3.8, 4) is 0 Å². The quantitative estimate of drug-likeness (QED) is 0.486. The Bertz CT molecular complexity index is 530. The molecule has 1 aliphatic rings. The van der Waals surface area contributed by atoms with E-state index in [0.717, 1.165) is 31.9 Å². The number of nitrogens with zero attached hydrogens (tertiary/aromatic N) is 3. The molecule has 0 saturated heterocycles. The molecule has 1 aliphatic carbocycles. The van der Waals surface area contributed by atoms with E-state index in [4.69, 9.17) is 11.6 Å². The summed E-state index contributed by atoms with van der Waals surface area (Å²) in [5.74, 6) is -0.338. The summed E-state index contributed by atoms with van der Waals surface area (Å²) in [5.41, 5.74) is -0.278. The maximum Gasteiger partial charge on any atom is 0.300 e. The molecule has 0 aromatic carbocycles. The van der Waals surface area contributed by atoms with Crippen molar-refractivity contribution in [2.24, 2.45) is 0 Å². The number of aromatic nitrogens is 1. The molecule has 7 heteroatoms. The van der Waals surface area contributed by atoms with Crippen LogP contribution in [0, 0.1) is 10.1 Å². The molecule has 1 fully saturated rings. The molecule has 6 nitrogen and oxygen atoms in total. The van der Waals surface area contributed by atoms with Gasteiger partial charge in [-0.2, -0.15) is 0 Å². The van der Waals surface area contributed by atoms with Gasteiger partial charge in [0.1, 0.15) is 16.9 Å². The van der Waals surface area contributed by atoms with Crippen molar-refractivity contribution < 1.29 is 9.72 Å². The first-order chi connectivity index (χ1) is 9.54. The van der Waals surface area contributed by atoms with E-state index in [0.29, 0.717) is 6.54 Å².